The molecule has 4 rings (SSSR count). The van der Waals surface area contributed by atoms with Gasteiger partial charge < -0.3 is 15.0 Å². The van der Waals surface area contributed by atoms with Crippen LogP contribution in [0, 0.1) is 0 Å². The molecular weight excluding hydrogens is 360 g/mol. The van der Waals surface area contributed by atoms with E-state index in [1.54, 1.807) is 18.7 Å². The van der Waals surface area contributed by atoms with Crippen LogP contribution in [0.15, 0.2) is 35.1 Å². The summed E-state index contributed by atoms with van der Waals surface area (Å²) in [5.74, 6) is 1.43. The largest absolute Gasteiger partial charge is 0.497 e. The summed E-state index contributed by atoms with van der Waals surface area (Å²) in [6.07, 6.45) is 2.56. The van der Waals surface area contributed by atoms with Crippen molar-refractivity contribution in [1.29, 1.82) is 0 Å². The Balaban J connectivity index is 1.61. The van der Waals surface area contributed by atoms with Gasteiger partial charge in [0, 0.05) is 25.0 Å². The van der Waals surface area contributed by atoms with Crippen molar-refractivity contribution in [3.63, 3.8) is 0 Å². The first-order valence-electron chi connectivity index (χ1n) is 9.27. The van der Waals surface area contributed by atoms with Crippen LogP contribution in [-0.4, -0.2) is 47.7 Å². The third-order valence-corrected chi connectivity index (χ3v) is 6.18. The van der Waals surface area contributed by atoms with Gasteiger partial charge in [0.1, 0.15) is 10.4 Å². The number of hydrogen-bond acceptors (Lipinski definition) is 6. The van der Waals surface area contributed by atoms with Crippen LogP contribution in [0.1, 0.15) is 12.8 Å². The second kappa shape index (κ2) is 7.70. The number of rotatable bonds is 6. The molecule has 1 saturated heterocycles. The van der Waals surface area contributed by atoms with Gasteiger partial charge in [-0.3, -0.25) is 9.36 Å². The summed E-state index contributed by atoms with van der Waals surface area (Å²) in [5.41, 5.74) is 1.76. The third kappa shape index (κ3) is 3.70. The van der Waals surface area contributed by atoms with Crippen LogP contribution in [0.25, 0.3) is 20.7 Å². The average Bonchev–Trinajstić information content (AvgIpc) is 3.35. The number of hydrogen-bond donors (Lipinski definition) is 1. The molecule has 1 aliphatic rings. The molecule has 1 aliphatic heterocycles. The Morgan fingerprint density at radius 3 is 2.85 bits per heavy atom. The van der Waals surface area contributed by atoms with Gasteiger partial charge in [-0.15, -0.1) is 11.3 Å². The maximum absolute atomic E-state index is 12.8. The molecule has 6 nitrogen and oxygen atoms in total. The van der Waals surface area contributed by atoms with Gasteiger partial charge >= 0.3 is 0 Å². The first kappa shape index (κ1) is 18.0. The van der Waals surface area contributed by atoms with Crippen LogP contribution in [0.4, 0.5) is 5.95 Å². The Morgan fingerprint density at radius 1 is 1.26 bits per heavy atom. The van der Waals surface area contributed by atoms with Gasteiger partial charge in [0.05, 0.1) is 12.6 Å². The summed E-state index contributed by atoms with van der Waals surface area (Å²) in [5, 5.41) is 3.33. The maximum atomic E-state index is 12.8. The molecule has 0 atom stereocenters. The number of nitrogens with one attached hydrogen (secondary N) is 1. The van der Waals surface area contributed by atoms with Gasteiger partial charge in [0.15, 0.2) is 0 Å². The number of anilines is 1. The van der Waals surface area contributed by atoms with Crippen molar-refractivity contribution in [2.75, 3.05) is 38.6 Å². The fraction of sp³-hybridized carbons (Fsp3) is 0.400. The third-order valence-electron chi connectivity index (χ3n) is 5.02. The molecule has 3 aromatic rings. The van der Waals surface area contributed by atoms with Crippen LogP contribution in [-0.2, 0) is 7.05 Å². The van der Waals surface area contributed by atoms with Gasteiger partial charge in [-0.25, -0.2) is 4.98 Å². The molecule has 0 unspecified atom stereocenters. The maximum Gasteiger partial charge on any atom is 0.272 e. The topological polar surface area (TPSA) is 59.4 Å². The quantitative estimate of drug-likeness (QED) is 0.707. The van der Waals surface area contributed by atoms with E-state index in [9.17, 15) is 4.79 Å². The number of benzene rings is 1. The minimum Gasteiger partial charge on any atom is -0.497 e. The van der Waals surface area contributed by atoms with Crippen molar-refractivity contribution < 1.29 is 4.74 Å². The highest BCUT2D eigenvalue weighted by atomic mass is 32.1. The summed E-state index contributed by atoms with van der Waals surface area (Å²) in [7, 11) is 3.43. The molecule has 0 spiro atoms. The van der Waals surface area contributed by atoms with Gasteiger partial charge in [0.2, 0.25) is 5.95 Å². The van der Waals surface area contributed by atoms with Gasteiger partial charge in [-0.2, -0.15) is 0 Å². The number of fused-ring (bicyclic) bond motifs is 1. The SMILES string of the molecule is COc1cccc(-c2cc3nc(NCCN4CCCC4)n(C)c(=O)c3s2)c1. The lowest BCUT2D eigenvalue weighted by molar-refractivity contribution is 0.352. The number of thiophene rings is 1. The zero-order chi connectivity index (χ0) is 18.8. The summed E-state index contributed by atoms with van der Waals surface area (Å²) >= 11 is 1.48. The summed E-state index contributed by atoms with van der Waals surface area (Å²) in [6.45, 7) is 4.11. The Morgan fingerprint density at radius 2 is 2.07 bits per heavy atom. The first-order valence-corrected chi connectivity index (χ1v) is 10.1. The molecule has 0 radical (unpaired) electrons. The average molecular weight is 385 g/mol. The number of likely N-dealkylation sites (tertiary alicyclic amines) is 1. The van der Waals surface area contributed by atoms with E-state index in [1.807, 2.05) is 30.3 Å². The van der Waals surface area contributed by atoms with E-state index >= 15 is 0 Å². The smallest absolute Gasteiger partial charge is 0.272 e. The predicted octanol–water partition coefficient (Wildman–Crippen LogP) is 3.18. The fourth-order valence-corrected chi connectivity index (χ4v) is 4.53. The molecule has 0 aliphatic carbocycles. The molecule has 0 saturated carbocycles. The predicted molar refractivity (Wildman–Crippen MR) is 111 cm³/mol. The van der Waals surface area contributed by atoms with Gasteiger partial charge in [-0.05, 0) is 49.7 Å². The Labute approximate surface area is 162 Å². The standard InChI is InChI=1S/C20H24N4O2S/c1-23-19(25)18-16(22-20(23)21-8-11-24-9-3-4-10-24)13-17(27-18)14-6-5-7-15(12-14)26-2/h5-7,12-13H,3-4,8-11H2,1-2H3,(H,21,22). The fourth-order valence-electron chi connectivity index (χ4n) is 3.46. The lowest BCUT2D eigenvalue weighted by Crippen LogP contribution is -2.28. The number of aromatic nitrogens is 2. The zero-order valence-electron chi connectivity index (χ0n) is 15.7. The van der Waals surface area contributed by atoms with Crippen LogP contribution < -0.4 is 15.6 Å². The normalized spacial score (nSPS) is 14.7. The summed E-state index contributed by atoms with van der Waals surface area (Å²) in [6, 6.07) is 9.85. The molecule has 142 valence electrons. The monoisotopic (exact) mass is 384 g/mol. The second-order valence-corrected chi connectivity index (χ2v) is 7.88. The van der Waals surface area contributed by atoms with E-state index in [1.165, 1.54) is 37.3 Å². The lowest BCUT2D eigenvalue weighted by Gasteiger charge is -2.16. The number of ether oxygens (including phenoxy) is 1. The minimum atomic E-state index is -0.0113. The van der Waals surface area contributed by atoms with E-state index in [4.69, 9.17) is 9.72 Å². The number of nitrogens with zero attached hydrogens (tertiary/aromatic N) is 3. The van der Waals surface area contributed by atoms with Crippen LogP contribution in [0.3, 0.4) is 0 Å². The highest BCUT2D eigenvalue weighted by Crippen LogP contribution is 2.33. The molecule has 27 heavy (non-hydrogen) atoms. The van der Waals surface area contributed by atoms with Gasteiger partial charge in [-0.1, -0.05) is 12.1 Å². The summed E-state index contributed by atoms with van der Waals surface area (Å²) in [4.78, 5) is 21.0. The Hall–Kier alpha value is -2.38. The highest BCUT2D eigenvalue weighted by Gasteiger charge is 2.14. The second-order valence-electron chi connectivity index (χ2n) is 6.83. The molecular formula is C20H24N4O2S. The number of methoxy groups -OCH3 is 1. The zero-order valence-corrected chi connectivity index (χ0v) is 16.5. The van der Waals surface area contributed by atoms with Crippen LogP contribution in [0.2, 0.25) is 0 Å². The molecule has 0 amide bonds. The molecule has 7 heteroatoms. The van der Waals surface area contributed by atoms with Crippen molar-refractivity contribution in [2.45, 2.75) is 12.8 Å². The van der Waals surface area contributed by atoms with Crippen molar-refractivity contribution in [2.24, 2.45) is 7.05 Å². The van der Waals surface area contributed by atoms with Crippen LogP contribution >= 0.6 is 11.3 Å². The highest BCUT2D eigenvalue weighted by molar-refractivity contribution is 7.22. The minimum absolute atomic E-state index is 0.0113. The Kier molecular flexibility index (Phi) is 5.13. The van der Waals surface area contributed by atoms with Crippen molar-refractivity contribution in [1.82, 2.24) is 14.5 Å². The Bertz CT molecular complexity index is 1000. The van der Waals surface area contributed by atoms with Crippen molar-refractivity contribution >= 4 is 27.5 Å². The van der Waals surface area contributed by atoms with E-state index in [0.717, 1.165) is 34.8 Å². The van der Waals surface area contributed by atoms with E-state index in [-0.39, 0.29) is 5.56 Å². The van der Waals surface area contributed by atoms with E-state index < -0.39 is 0 Å². The summed E-state index contributed by atoms with van der Waals surface area (Å²) < 4.78 is 7.60. The molecule has 2 aromatic heterocycles. The van der Waals surface area contributed by atoms with Gasteiger partial charge in [0.25, 0.3) is 5.56 Å². The molecule has 0 bridgehead atoms. The molecule has 3 heterocycles. The molecule has 1 N–H and O–H groups in total. The van der Waals surface area contributed by atoms with Crippen LogP contribution in [0.5, 0.6) is 5.75 Å². The van der Waals surface area contributed by atoms with Crippen molar-refractivity contribution in [3.8, 4) is 16.2 Å². The van der Waals surface area contributed by atoms with E-state index in [0.29, 0.717) is 10.6 Å². The molecule has 1 aromatic carbocycles. The lowest BCUT2D eigenvalue weighted by atomic mass is 10.2. The molecule has 1 fully saturated rings. The van der Waals surface area contributed by atoms with Crippen molar-refractivity contribution in [3.05, 3.63) is 40.7 Å². The van der Waals surface area contributed by atoms with E-state index in [2.05, 4.69) is 10.2 Å². The first-order chi connectivity index (χ1) is 13.2.